The summed E-state index contributed by atoms with van der Waals surface area (Å²) < 4.78 is 0. The molecule has 0 spiro atoms. The van der Waals surface area contributed by atoms with E-state index in [1.54, 1.807) is 28.8 Å². The fourth-order valence-electron chi connectivity index (χ4n) is 4.03. The van der Waals surface area contributed by atoms with Crippen LogP contribution in [-0.4, -0.2) is 35.1 Å². The van der Waals surface area contributed by atoms with Gasteiger partial charge in [-0.25, -0.2) is 0 Å². The first kappa shape index (κ1) is 29.1. The summed E-state index contributed by atoms with van der Waals surface area (Å²) in [5.74, 6) is 0.719. The van der Waals surface area contributed by atoms with Crippen LogP contribution in [0.5, 0.6) is 0 Å². The fourth-order valence-corrected chi connectivity index (χ4v) is 5.36. The van der Waals surface area contributed by atoms with Crippen LogP contribution in [0.1, 0.15) is 42.0 Å². The molecule has 196 valence electrons. The normalized spacial score (nSPS) is 11.7. The van der Waals surface area contributed by atoms with E-state index in [-0.39, 0.29) is 24.1 Å². The minimum atomic E-state index is -0.668. The van der Waals surface area contributed by atoms with Gasteiger partial charge >= 0.3 is 0 Å². The summed E-state index contributed by atoms with van der Waals surface area (Å²) in [6.07, 6.45) is 2.27. The predicted molar refractivity (Wildman–Crippen MR) is 156 cm³/mol. The van der Waals surface area contributed by atoms with Gasteiger partial charge < -0.3 is 10.2 Å². The number of carbonyl (C=O) groups is 2. The molecule has 0 aliphatic rings. The van der Waals surface area contributed by atoms with Crippen LogP contribution >= 0.6 is 35.0 Å². The molecule has 0 unspecified atom stereocenters. The van der Waals surface area contributed by atoms with Crippen molar-refractivity contribution in [1.82, 2.24) is 10.2 Å². The van der Waals surface area contributed by atoms with E-state index < -0.39 is 6.04 Å². The van der Waals surface area contributed by atoms with Crippen molar-refractivity contribution < 1.29 is 9.59 Å². The van der Waals surface area contributed by atoms with Crippen LogP contribution in [0, 0.1) is 6.92 Å². The van der Waals surface area contributed by atoms with Gasteiger partial charge in [-0.3, -0.25) is 9.59 Å². The van der Waals surface area contributed by atoms with E-state index in [9.17, 15) is 9.59 Å². The van der Waals surface area contributed by atoms with Gasteiger partial charge in [0.05, 0.1) is 5.75 Å². The molecule has 0 fully saturated rings. The first-order valence-corrected chi connectivity index (χ1v) is 14.5. The number of nitrogens with zero attached hydrogens (tertiary/aromatic N) is 1. The van der Waals surface area contributed by atoms with E-state index in [2.05, 4.69) is 37.4 Å². The van der Waals surface area contributed by atoms with Gasteiger partial charge in [0.1, 0.15) is 6.04 Å². The highest BCUT2D eigenvalue weighted by Crippen LogP contribution is 2.25. The standard InChI is InChI=1S/C30H34Cl2N2O2S/c1-3-4-15-33-30(36)28(17-23-10-6-5-7-11-23)34(19-25-13-14-26(31)18-27(25)32)29(35)21-37-20-24-12-8-9-22(2)16-24/h5-14,16,18,28H,3-4,15,17,19-21H2,1-2H3,(H,33,36)/t28-/m1/s1. The first-order chi connectivity index (χ1) is 17.9. The van der Waals surface area contributed by atoms with Crippen LogP contribution in [0.15, 0.2) is 72.8 Å². The Bertz CT molecular complexity index is 1170. The molecular formula is C30H34Cl2N2O2S. The Morgan fingerprint density at radius 2 is 1.73 bits per heavy atom. The Labute approximate surface area is 234 Å². The minimum Gasteiger partial charge on any atom is -0.354 e. The van der Waals surface area contributed by atoms with Crippen LogP contribution in [0.3, 0.4) is 0 Å². The lowest BCUT2D eigenvalue weighted by molar-refractivity contribution is -0.139. The van der Waals surface area contributed by atoms with E-state index in [1.807, 2.05) is 42.5 Å². The van der Waals surface area contributed by atoms with Crippen LogP contribution in [0.4, 0.5) is 0 Å². The maximum atomic E-state index is 13.7. The maximum absolute atomic E-state index is 13.7. The molecule has 0 aliphatic heterocycles. The van der Waals surface area contributed by atoms with Crippen molar-refractivity contribution in [3.8, 4) is 0 Å². The van der Waals surface area contributed by atoms with Crippen molar-refractivity contribution in [2.24, 2.45) is 0 Å². The number of nitrogens with one attached hydrogen (secondary N) is 1. The number of hydrogen-bond donors (Lipinski definition) is 1. The average Bonchev–Trinajstić information content (AvgIpc) is 2.88. The molecule has 2 amide bonds. The number of benzene rings is 3. The van der Waals surface area contributed by atoms with Gasteiger partial charge in [-0.1, -0.05) is 103 Å². The van der Waals surface area contributed by atoms with Crippen LogP contribution in [0.2, 0.25) is 10.0 Å². The minimum absolute atomic E-state index is 0.102. The summed E-state index contributed by atoms with van der Waals surface area (Å²) in [6.45, 7) is 4.94. The molecule has 3 aromatic rings. The third-order valence-corrected chi connectivity index (χ3v) is 7.61. The van der Waals surface area contributed by atoms with Crippen molar-refractivity contribution in [1.29, 1.82) is 0 Å². The lowest BCUT2D eigenvalue weighted by atomic mass is 10.0. The summed E-state index contributed by atoms with van der Waals surface area (Å²) in [5, 5.41) is 4.04. The number of amides is 2. The molecule has 0 aliphatic carbocycles. The topological polar surface area (TPSA) is 49.4 Å². The Morgan fingerprint density at radius 3 is 2.43 bits per heavy atom. The number of aryl methyl sites for hydroxylation is 1. The van der Waals surface area contributed by atoms with Gasteiger partial charge in [0.2, 0.25) is 11.8 Å². The molecule has 37 heavy (non-hydrogen) atoms. The second-order valence-corrected chi connectivity index (χ2v) is 10.9. The molecule has 0 heterocycles. The van der Waals surface area contributed by atoms with Crippen molar-refractivity contribution in [3.05, 3.63) is 105 Å². The lowest BCUT2D eigenvalue weighted by Crippen LogP contribution is -2.51. The summed E-state index contributed by atoms with van der Waals surface area (Å²) in [6, 6.07) is 22.6. The van der Waals surface area contributed by atoms with Gasteiger partial charge in [-0.05, 0) is 42.2 Å². The first-order valence-electron chi connectivity index (χ1n) is 12.6. The summed E-state index contributed by atoms with van der Waals surface area (Å²) in [4.78, 5) is 28.8. The van der Waals surface area contributed by atoms with Crippen LogP contribution < -0.4 is 5.32 Å². The Balaban J connectivity index is 1.86. The van der Waals surface area contributed by atoms with Gasteiger partial charge in [-0.15, -0.1) is 11.8 Å². The molecule has 3 rings (SSSR count). The quantitative estimate of drug-likeness (QED) is 0.228. The number of halogens is 2. The van der Waals surface area contributed by atoms with Gasteiger partial charge in [0.15, 0.2) is 0 Å². The third kappa shape index (κ3) is 9.41. The molecule has 7 heteroatoms. The highest BCUT2D eigenvalue weighted by atomic mass is 35.5. The number of hydrogen-bond acceptors (Lipinski definition) is 3. The Morgan fingerprint density at radius 1 is 0.973 bits per heavy atom. The fraction of sp³-hybridized carbons (Fsp3) is 0.333. The average molecular weight is 558 g/mol. The number of rotatable bonds is 13. The van der Waals surface area contributed by atoms with Crippen molar-refractivity contribution in [2.75, 3.05) is 12.3 Å². The van der Waals surface area contributed by atoms with E-state index in [4.69, 9.17) is 23.2 Å². The molecule has 0 bridgehead atoms. The van der Waals surface area contributed by atoms with E-state index in [0.717, 1.165) is 29.7 Å². The highest BCUT2D eigenvalue weighted by Gasteiger charge is 2.30. The summed E-state index contributed by atoms with van der Waals surface area (Å²) in [5.41, 5.74) is 4.10. The van der Waals surface area contributed by atoms with Gasteiger partial charge in [0.25, 0.3) is 0 Å². The summed E-state index contributed by atoms with van der Waals surface area (Å²) in [7, 11) is 0. The Kier molecular flexibility index (Phi) is 11.8. The van der Waals surface area contributed by atoms with Gasteiger partial charge in [0, 0.05) is 35.3 Å². The molecular weight excluding hydrogens is 523 g/mol. The number of thioether (sulfide) groups is 1. The van der Waals surface area contributed by atoms with Gasteiger partial charge in [-0.2, -0.15) is 0 Å². The summed E-state index contributed by atoms with van der Waals surface area (Å²) >= 11 is 14.2. The smallest absolute Gasteiger partial charge is 0.243 e. The molecule has 0 aromatic heterocycles. The van der Waals surface area contributed by atoms with Crippen LogP contribution in [0.25, 0.3) is 0 Å². The van der Waals surface area contributed by atoms with Crippen molar-refractivity contribution in [2.45, 2.75) is 51.4 Å². The molecule has 0 saturated carbocycles. The molecule has 0 radical (unpaired) electrons. The van der Waals surface area contributed by atoms with E-state index >= 15 is 0 Å². The molecule has 4 nitrogen and oxygen atoms in total. The van der Waals surface area contributed by atoms with Crippen LogP contribution in [-0.2, 0) is 28.3 Å². The third-order valence-electron chi connectivity index (χ3n) is 6.03. The lowest BCUT2D eigenvalue weighted by Gasteiger charge is -2.32. The molecule has 1 N–H and O–H groups in total. The Hall–Kier alpha value is -2.47. The number of unbranched alkanes of at least 4 members (excludes halogenated alkanes) is 1. The second-order valence-electron chi connectivity index (χ2n) is 9.09. The highest BCUT2D eigenvalue weighted by molar-refractivity contribution is 7.99. The number of carbonyl (C=O) groups excluding carboxylic acids is 2. The monoisotopic (exact) mass is 556 g/mol. The predicted octanol–water partition coefficient (Wildman–Crippen LogP) is 7.09. The largest absolute Gasteiger partial charge is 0.354 e. The molecule has 3 aromatic carbocycles. The molecule has 1 atom stereocenters. The van der Waals surface area contributed by atoms with E-state index in [1.165, 1.54) is 11.1 Å². The zero-order valence-electron chi connectivity index (χ0n) is 21.4. The zero-order chi connectivity index (χ0) is 26.6. The van der Waals surface area contributed by atoms with E-state index in [0.29, 0.717) is 23.0 Å². The second kappa shape index (κ2) is 15.1. The zero-order valence-corrected chi connectivity index (χ0v) is 23.7. The molecule has 0 saturated heterocycles. The maximum Gasteiger partial charge on any atom is 0.243 e. The van der Waals surface area contributed by atoms with Crippen molar-refractivity contribution >= 4 is 46.8 Å². The SMILES string of the molecule is CCCCNC(=O)[C@@H](Cc1ccccc1)N(Cc1ccc(Cl)cc1Cl)C(=O)CSCc1cccc(C)c1. The van der Waals surface area contributed by atoms with Crippen molar-refractivity contribution in [3.63, 3.8) is 0 Å².